The smallest absolute Gasteiger partial charge is 0.323 e. The molecular weight excluding hydrogens is 320 g/mol. The van der Waals surface area contributed by atoms with E-state index >= 15 is 0 Å². The molecule has 4 rings (SSSR count). The molecule has 0 aromatic carbocycles. The van der Waals surface area contributed by atoms with Crippen LogP contribution in [0.1, 0.15) is 55.9 Å². The SMILES string of the molecule is CC(C1CC1)N(CC1CC1)C(=O)Nc1n[nH]nc1C(=O)N1CCCC1. The minimum Gasteiger partial charge on any atom is -0.337 e. The van der Waals surface area contributed by atoms with Crippen LogP contribution in [-0.2, 0) is 0 Å². The monoisotopic (exact) mass is 346 g/mol. The fourth-order valence-corrected chi connectivity index (χ4v) is 3.56. The van der Waals surface area contributed by atoms with Crippen molar-refractivity contribution in [3.8, 4) is 0 Å². The van der Waals surface area contributed by atoms with Crippen molar-refractivity contribution < 1.29 is 9.59 Å². The summed E-state index contributed by atoms with van der Waals surface area (Å²) < 4.78 is 0. The molecule has 8 heteroatoms. The van der Waals surface area contributed by atoms with E-state index < -0.39 is 0 Å². The van der Waals surface area contributed by atoms with Crippen molar-refractivity contribution in [1.29, 1.82) is 0 Å². The number of aromatic nitrogens is 3. The Kier molecular flexibility index (Phi) is 4.35. The topological polar surface area (TPSA) is 94.2 Å². The van der Waals surface area contributed by atoms with Gasteiger partial charge in [-0.2, -0.15) is 5.21 Å². The molecule has 25 heavy (non-hydrogen) atoms. The summed E-state index contributed by atoms with van der Waals surface area (Å²) in [4.78, 5) is 29.1. The zero-order valence-corrected chi connectivity index (χ0v) is 14.7. The van der Waals surface area contributed by atoms with Gasteiger partial charge in [0.2, 0.25) is 0 Å². The van der Waals surface area contributed by atoms with Crippen molar-refractivity contribution in [2.45, 2.75) is 51.5 Å². The van der Waals surface area contributed by atoms with Crippen LogP contribution in [0.25, 0.3) is 0 Å². The Morgan fingerprint density at radius 3 is 2.60 bits per heavy atom. The van der Waals surface area contributed by atoms with Gasteiger partial charge < -0.3 is 9.80 Å². The number of anilines is 1. The lowest BCUT2D eigenvalue weighted by atomic mass is 10.2. The molecule has 1 aliphatic heterocycles. The van der Waals surface area contributed by atoms with Gasteiger partial charge >= 0.3 is 6.03 Å². The number of hydrogen-bond acceptors (Lipinski definition) is 4. The van der Waals surface area contributed by atoms with Crippen LogP contribution >= 0.6 is 0 Å². The lowest BCUT2D eigenvalue weighted by Gasteiger charge is -2.29. The number of likely N-dealkylation sites (tertiary alicyclic amines) is 1. The van der Waals surface area contributed by atoms with Crippen LogP contribution in [-0.4, -0.2) is 62.8 Å². The Balaban J connectivity index is 1.45. The number of carbonyl (C=O) groups is 2. The van der Waals surface area contributed by atoms with E-state index in [1.54, 1.807) is 4.90 Å². The predicted octanol–water partition coefficient (Wildman–Crippen LogP) is 2.08. The van der Waals surface area contributed by atoms with Gasteiger partial charge in [0.15, 0.2) is 11.5 Å². The highest BCUT2D eigenvalue weighted by Gasteiger charge is 2.37. The molecule has 1 saturated heterocycles. The highest BCUT2D eigenvalue weighted by Crippen LogP contribution is 2.38. The van der Waals surface area contributed by atoms with Gasteiger partial charge in [0.25, 0.3) is 5.91 Å². The first-order valence-corrected chi connectivity index (χ1v) is 9.41. The Hall–Kier alpha value is -2.12. The van der Waals surface area contributed by atoms with Crippen LogP contribution in [0.3, 0.4) is 0 Å². The summed E-state index contributed by atoms with van der Waals surface area (Å²) in [7, 11) is 0. The molecule has 2 N–H and O–H groups in total. The molecule has 0 radical (unpaired) electrons. The Bertz CT molecular complexity index is 645. The fraction of sp³-hybridized carbons (Fsp3) is 0.765. The molecular formula is C17H26N6O2. The summed E-state index contributed by atoms with van der Waals surface area (Å²) in [6.45, 7) is 4.40. The van der Waals surface area contributed by atoms with Gasteiger partial charge in [-0.25, -0.2) is 4.79 Å². The summed E-state index contributed by atoms with van der Waals surface area (Å²) in [5, 5.41) is 13.3. The standard InChI is InChI=1S/C17H26N6O2/c1-11(13-6-7-13)23(10-12-4-5-12)17(25)18-15-14(19-21-20-15)16(24)22-8-2-3-9-22/h11-13H,2-10H2,1H3,(H2,18,19,20,21,25). The molecule has 1 aromatic heterocycles. The number of hydrogen-bond donors (Lipinski definition) is 2. The minimum absolute atomic E-state index is 0.162. The summed E-state index contributed by atoms with van der Waals surface area (Å²) in [5.41, 5.74) is 0.209. The van der Waals surface area contributed by atoms with E-state index in [4.69, 9.17) is 0 Å². The highest BCUT2D eigenvalue weighted by molar-refractivity contribution is 6.00. The summed E-state index contributed by atoms with van der Waals surface area (Å²) in [6.07, 6.45) is 6.81. The van der Waals surface area contributed by atoms with Crippen molar-refractivity contribution in [3.05, 3.63) is 5.69 Å². The normalized spacial score (nSPS) is 21.2. The average molecular weight is 346 g/mol. The largest absolute Gasteiger partial charge is 0.337 e. The van der Waals surface area contributed by atoms with Crippen molar-refractivity contribution in [1.82, 2.24) is 25.2 Å². The number of rotatable bonds is 6. The van der Waals surface area contributed by atoms with E-state index in [0.717, 1.165) is 32.5 Å². The summed E-state index contributed by atoms with van der Waals surface area (Å²) in [5.74, 6) is 1.30. The maximum atomic E-state index is 12.9. The molecule has 0 bridgehead atoms. The van der Waals surface area contributed by atoms with Crippen LogP contribution in [0.4, 0.5) is 10.6 Å². The Labute approximate surface area is 147 Å². The third-order valence-electron chi connectivity index (χ3n) is 5.58. The zero-order valence-electron chi connectivity index (χ0n) is 14.7. The molecule has 3 aliphatic rings. The molecule has 1 unspecified atom stereocenters. The highest BCUT2D eigenvalue weighted by atomic mass is 16.2. The molecule has 0 spiro atoms. The second-order valence-electron chi connectivity index (χ2n) is 7.62. The molecule has 3 amide bonds. The molecule has 1 atom stereocenters. The predicted molar refractivity (Wildman–Crippen MR) is 92.2 cm³/mol. The number of nitrogens with one attached hydrogen (secondary N) is 2. The van der Waals surface area contributed by atoms with Crippen LogP contribution in [0, 0.1) is 11.8 Å². The Morgan fingerprint density at radius 2 is 1.96 bits per heavy atom. The molecule has 2 heterocycles. The van der Waals surface area contributed by atoms with Gasteiger partial charge in [-0.15, -0.1) is 10.2 Å². The van der Waals surface area contributed by atoms with Crippen LogP contribution in [0.5, 0.6) is 0 Å². The van der Waals surface area contributed by atoms with Crippen LogP contribution in [0.15, 0.2) is 0 Å². The van der Waals surface area contributed by atoms with Gasteiger partial charge in [-0.05, 0) is 57.3 Å². The maximum Gasteiger partial charge on any atom is 0.323 e. The second kappa shape index (κ2) is 6.65. The van der Waals surface area contributed by atoms with E-state index in [1.807, 2.05) is 4.90 Å². The zero-order chi connectivity index (χ0) is 17.4. The Morgan fingerprint density at radius 1 is 1.24 bits per heavy atom. The van der Waals surface area contributed by atoms with E-state index in [9.17, 15) is 9.59 Å². The second-order valence-corrected chi connectivity index (χ2v) is 7.62. The number of H-pyrrole nitrogens is 1. The van der Waals surface area contributed by atoms with Gasteiger partial charge in [0, 0.05) is 25.7 Å². The molecule has 136 valence electrons. The first-order valence-electron chi connectivity index (χ1n) is 9.41. The molecule has 1 aromatic rings. The number of nitrogens with zero attached hydrogens (tertiary/aromatic N) is 4. The third kappa shape index (κ3) is 3.62. The van der Waals surface area contributed by atoms with E-state index in [-0.39, 0.29) is 29.5 Å². The quantitative estimate of drug-likeness (QED) is 0.824. The first-order chi connectivity index (χ1) is 12.1. The fourth-order valence-electron chi connectivity index (χ4n) is 3.56. The van der Waals surface area contributed by atoms with E-state index in [2.05, 4.69) is 27.7 Å². The number of urea groups is 1. The van der Waals surface area contributed by atoms with Crippen molar-refractivity contribution in [2.24, 2.45) is 11.8 Å². The first kappa shape index (κ1) is 16.4. The van der Waals surface area contributed by atoms with Crippen LogP contribution in [0.2, 0.25) is 0 Å². The number of carbonyl (C=O) groups excluding carboxylic acids is 2. The van der Waals surface area contributed by atoms with Gasteiger partial charge in [0.05, 0.1) is 0 Å². The average Bonchev–Trinajstić information content (AvgIpc) is 3.52. The summed E-state index contributed by atoms with van der Waals surface area (Å²) >= 11 is 0. The maximum absolute atomic E-state index is 12.9. The van der Waals surface area contributed by atoms with Crippen LogP contribution < -0.4 is 5.32 Å². The molecule has 2 saturated carbocycles. The van der Waals surface area contributed by atoms with E-state index in [1.165, 1.54) is 25.7 Å². The lowest BCUT2D eigenvalue weighted by molar-refractivity contribution is 0.0788. The van der Waals surface area contributed by atoms with Crippen molar-refractivity contribution >= 4 is 17.8 Å². The van der Waals surface area contributed by atoms with Crippen molar-refractivity contribution in [3.63, 3.8) is 0 Å². The molecule has 2 aliphatic carbocycles. The van der Waals surface area contributed by atoms with Gasteiger partial charge in [-0.1, -0.05) is 0 Å². The van der Waals surface area contributed by atoms with Gasteiger partial charge in [0.1, 0.15) is 0 Å². The van der Waals surface area contributed by atoms with E-state index in [0.29, 0.717) is 11.8 Å². The minimum atomic E-state index is -0.171. The van der Waals surface area contributed by atoms with Crippen molar-refractivity contribution in [2.75, 3.05) is 25.0 Å². The number of amides is 3. The molecule has 3 fully saturated rings. The summed E-state index contributed by atoms with van der Waals surface area (Å²) in [6, 6.07) is 0.0564. The lowest BCUT2D eigenvalue weighted by Crippen LogP contribution is -2.44. The third-order valence-corrected chi connectivity index (χ3v) is 5.58. The number of aromatic amines is 1. The molecule has 8 nitrogen and oxygen atoms in total. The van der Waals surface area contributed by atoms with Gasteiger partial charge in [-0.3, -0.25) is 10.1 Å².